The molecule has 234 valence electrons. The van der Waals surface area contributed by atoms with Gasteiger partial charge in [0.2, 0.25) is 5.91 Å². The van der Waals surface area contributed by atoms with E-state index in [4.69, 9.17) is 15.2 Å². The van der Waals surface area contributed by atoms with Crippen LogP contribution in [0, 0.1) is 0 Å². The number of aromatic nitrogens is 2. The molecule has 43 heavy (non-hydrogen) atoms. The van der Waals surface area contributed by atoms with Crippen LogP contribution >= 0.6 is 11.8 Å². The third-order valence-corrected chi connectivity index (χ3v) is 7.22. The zero-order valence-corrected chi connectivity index (χ0v) is 26.1. The first-order valence-corrected chi connectivity index (χ1v) is 15.9. The average Bonchev–Trinajstić information content (AvgIpc) is 3.45. The van der Waals surface area contributed by atoms with Crippen molar-refractivity contribution in [2.75, 3.05) is 18.1 Å². The predicted octanol–water partition coefficient (Wildman–Crippen LogP) is 5.94. The molecule has 1 aromatic heterocycles. The molecular weight excluding hydrogens is 564 g/mol. The molecule has 1 saturated heterocycles. The van der Waals surface area contributed by atoms with Crippen molar-refractivity contribution in [3.05, 3.63) is 95.7 Å². The Balaban J connectivity index is 1.50. The monoisotopic (exact) mass is 610 g/mol. The molecule has 0 aliphatic carbocycles. The van der Waals surface area contributed by atoms with Crippen LogP contribution in [0.2, 0.25) is 0 Å². The van der Waals surface area contributed by atoms with Crippen molar-refractivity contribution < 1.29 is 19.1 Å². The van der Waals surface area contributed by atoms with Gasteiger partial charge in [-0.25, -0.2) is 9.59 Å². The minimum Gasteiger partial charge on any atom is -0.460 e. The van der Waals surface area contributed by atoms with Crippen molar-refractivity contribution in [3.8, 4) is 0 Å². The van der Waals surface area contributed by atoms with Crippen LogP contribution in [0.25, 0.3) is 0 Å². The van der Waals surface area contributed by atoms with Crippen LogP contribution in [0.3, 0.4) is 0 Å². The van der Waals surface area contributed by atoms with Crippen LogP contribution in [0.15, 0.2) is 90.0 Å². The zero-order chi connectivity index (χ0) is 31.1. The number of carbonyl (C=O) groups is 2. The minimum atomic E-state index is -0.774. The SMILES string of the molecule is CCC=CCC=CCC=CCC=CCC=CCC=CCCC(=O)N[C@@H](C)C(=O)OC[C@@H]1O[C@H](n2ccc(N)nc2=O)CS1. The van der Waals surface area contributed by atoms with E-state index in [1.807, 2.05) is 12.2 Å². The smallest absolute Gasteiger partial charge is 0.351 e. The lowest BCUT2D eigenvalue weighted by molar-refractivity contribution is -0.150. The lowest BCUT2D eigenvalue weighted by Crippen LogP contribution is -2.40. The molecule has 0 spiro atoms. The van der Waals surface area contributed by atoms with Gasteiger partial charge in [-0.1, -0.05) is 79.8 Å². The van der Waals surface area contributed by atoms with Gasteiger partial charge in [0.1, 0.15) is 30.1 Å². The molecule has 0 unspecified atom stereocenters. The number of allylic oxidation sites excluding steroid dienone is 12. The van der Waals surface area contributed by atoms with Crippen molar-refractivity contribution in [3.63, 3.8) is 0 Å². The summed E-state index contributed by atoms with van der Waals surface area (Å²) < 4.78 is 12.5. The summed E-state index contributed by atoms with van der Waals surface area (Å²) in [6.07, 6.45) is 33.3. The Bertz CT molecular complexity index is 1220. The van der Waals surface area contributed by atoms with Gasteiger partial charge in [-0.15, -0.1) is 11.8 Å². The number of amides is 1. The standard InChI is InChI=1S/C33H46N4O5S/c1-3-4-5-6-7-8-9-10-11-12-13-14-15-16-17-18-19-20-21-22-29(38)35-27(2)32(39)41-25-31-42-30(26-43-31)37-24-23-28(34)36-33(37)40/h4-5,7-8,10-11,13-14,16-17,19-20,23-24,27,30-31H,3,6,9,12,15,18,21-22,25-26H2,1-2H3,(H,35,38)(H2,34,36,40)/t27-,30-,31+/m0/s1. The molecule has 2 rings (SSSR count). The van der Waals surface area contributed by atoms with Gasteiger partial charge >= 0.3 is 11.7 Å². The summed E-state index contributed by atoms with van der Waals surface area (Å²) in [5, 5.41) is 2.67. The Morgan fingerprint density at radius 2 is 1.58 bits per heavy atom. The summed E-state index contributed by atoms with van der Waals surface area (Å²) in [6.45, 7) is 3.74. The first-order chi connectivity index (χ1) is 20.9. The molecule has 0 saturated carbocycles. The van der Waals surface area contributed by atoms with E-state index in [-0.39, 0.29) is 24.8 Å². The minimum absolute atomic E-state index is 0.00982. The molecule has 3 N–H and O–H groups in total. The van der Waals surface area contributed by atoms with E-state index in [0.717, 1.165) is 38.5 Å². The number of ether oxygens (including phenoxy) is 2. The molecule has 1 fully saturated rings. The molecule has 2 heterocycles. The second-order valence-corrected chi connectivity index (χ2v) is 11.0. The number of hydrogen-bond acceptors (Lipinski definition) is 8. The van der Waals surface area contributed by atoms with Crippen LogP contribution in [0.5, 0.6) is 0 Å². The number of thioether (sulfide) groups is 1. The molecule has 0 bridgehead atoms. The Hall–Kier alpha value is -3.63. The van der Waals surface area contributed by atoms with E-state index >= 15 is 0 Å². The number of nitrogen functional groups attached to an aromatic ring is 1. The number of nitrogens with one attached hydrogen (secondary N) is 1. The van der Waals surface area contributed by atoms with Crippen LogP contribution in [0.4, 0.5) is 5.82 Å². The van der Waals surface area contributed by atoms with Crippen LogP contribution < -0.4 is 16.7 Å². The summed E-state index contributed by atoms with van der Waals surface area (Å²) in [4.78, 5) is 40.2. The number of rotatable bonds is 19. The summed E-state index contributed by atoms with van der Waals surface area (Å²) >= 11 is 1.43. The maximum atomic E-state index is 12.3. The maximum Gasteiger partial charge on any atom is 0.351 e. The highest BCUT2D eigenvalue weighted by Gasteiger charge is 2.29. The van der Waals surface area contributed by atoms with Gasteiger partial charge < -0.3 is 20.5 Å². The number of nitrogens with two attached hydrogens (primary N) is 1. The molecule has 0 aromatic carbocycles. The lowest BCUT2D eigenvalue weighted by Gasteiger charge is -2.16. The Morgan fingerprint density at radius 1 is 1.02 bits per heavy atom. The normalized spacial score (nSPS) is 18.3. The number of carbonyl (C=O) groups excluding carboxylic acids is 2. The van der Waals surface area contributed by atoms with Gasteiger partial charge in [-0.3, -0.25) is 9.36 Å². The van der Waals surface area contributed by atoms with E-state index < -0.39 is 29.4 Å². The topological polar surface area (TPSA) is 126 Å². The maximum absolute atomic E-state index is 12.3. The second kappa shape index (κ2) is 22.0. The third-order valence-electron chi connectivity index (χ3n) is 6.12. The molecular formula is C33H46N4O5S. The molecule has 3 atom stereocenters. The molecule has 1 aliphatic heterocycles. The Morgan fingerprint density at radius 3 is 2.14 bits per heavy atom. The highest BCUT2D eigenvalue weighted by molar-refractivity contribution is 8.00. The number of hydrogen-bond donors (Lipinski definition) is 2. The van der Waals surface area contributed by atoms with Crippen LogP contribution in [0.1, 0.15) is 71.4 Å². The summed E-state index contributed by atoms with van der Waals surface area (Å²) in [5.41, 5.74) is 4.60. The largest absolute Gasteiger partial charge is 0.460 e. The molecule has 1 aromatic rings. The van der Waals surface area contributed by atoms with E-state index in [1.165, 1.54) is 28.6 Å². The van der Waals surface area contributed by atoms with Gasteiger partial charge in [0.15, 0.2) is 0 Å². The van der Waals surface area contributed by atoms with Gasteiger partial charge in [0.05, 0.1) is 0 Å². The van der Waals surface area contributed by atoms with Gasteiger partial charge in [0.25, 0.3) is 0 Å². The molecule has 1 amide bonds. The lowest BCUT2D eigenvalue weighted by atomic mass is 10.2. The van der Waals surface area contributed by atoms with E-state index in [0.29, 0.717) is 12.2 Å². The molecule has 9 nitrogen and oxygen atoms in total. The molecule has 1 aliphatic rings. The molecule has 10 heteroatoms. The first kappa shape index (κ1) is 35.6. The Labute approximate surface area is 259 Å². The number of anilines is 1. The van der Waals surface area contributed by atoms with Crippen molar-refractivity contribution in [2.24, 2.45) is 0 Å². The fourth-order valence-corrected chi connectivity index (χ4v) is 4.81. The Kier molecular flexibility index (Phi) is 18.2. The fourth-order valence-electron chi connectivity index (χ4n) is 3.82. The van der Waals surface area contributed by atoms with Crippen LogP contribution in [-0.4, -0.2) is 45.3 Å². The summed E-state index contributed by atoms with van der Waals surface area (Å²) in [6, 6.07) is 0.749. The van der Waals surface area contributed by atoms with Crippen molar-refractivity contribution in [1.29, 1.82) is 0 Å². The predicted molar refractivity (Wildman–Crippen MR) is 175 cm³/mol. The highest BCUT2D eigenvalue weighted by Crippen LogP contribution is 2.31. The zero-order valence-electron chi connectivity index (χ0n) is 25.3. The average molecular weight is 611 g/mol. The quantitative estimate of drug-likeness (QED) is 0.146. The van der Waals surface area contributed by atoms with Gasteiger partial charge in [-0.05, 0) is 57.9 Å². The van der Waals surface area contributed by atoms with E-state index in [9.17, 15) is 14.4 Å². The fraction of sp³-hybridized carbons (Fsp3) is 0.455. The summed E-state index contributed by atoms with van der Waals surface area (Å²) in [7, 11) is 0. The van der Waals surface area contributed by atoms with Crippen molar-refractivity contribution in [1.82, 2.24) is 14.9 Å². The number of nitrogens with zero attached hydrogens (tertiary/aromatic N) is 2. The van der Waals surface area contributed by atoms with E-state index in [1.54, 1.807) is 6.92 Å². The summed E-state index contributed by atoms with van der Waals surface area (Å²) in [5.74, 6) is -0.105. The van der Waals surface area contributed by atoms with Gasteiger partial charge in [-0.2, -0.15) is 4.98 Å². The van der Waals surface area contributed by atoms with Crippen molar-refractivity contribution >= 4 is 29.5 Å². The van der Waals surface area contributed by atoms with Crippen LogP contribution in [-0.2, 0) is 19.1 Å². The van der Waals surface area contributed by atoms with Gasteiger partial charge in [0, 0.05) is 18.4 Å². The molecule has 0 radical (unpaired) electrons. The first-order valence-electron chi connectivity index (χ1n) is 14.9. The highest BCUT2D eigenvalue weighted by atomic mass is 32.2. The van der Waals surface area contributed by atoms with Crippen molar-refractivity contribution in [2.45, 2.75) is 82.9 Å². The second-order valence-electron chi connectivity index (χ2n) is 9.77. The van der Waals surface area contributed by atoms with E-state index in [2.05, 4.69) is 78.0 Å². The number of esters is 1. The third kappa shape index (κ3) is 16.0.